The predicted molar refractivity (Wildman–Crippen MR) is 68.8 cm³/mol. The van der Waals surface area contributed by atoms with E-state index in [9.17, 15) is 0 Å². The van der Waals surface area contributed by atoms with Crippen LogP contribution in [-0.2, 0) is 11.2 Å². The van der Waals surface area contributed by atoms with Crippen molar-refractivity contribution in [2.45, 2.75) is 37.8 Å². The number of nitrogens with zero attached hydrogens (tertiary/aromatic N) is 1. The van der Waals surface area contributed by atoms with Gasteiger partial charge in [0.1, 0.15) is 5.82 Å². The van der Waals surface area contributed by atoms with E-state index in [0.29, 0.717) is 5.82 Å². The third kappa shape index (κ3) is 2.58. The molecule has 17 heavy (non-hydrogen) atoms. The maximum absolute atomic E-state index is 5.89. The second-order valence-corrected chi connectivity index (χ2v) is 4.86. The number of pyridine rings is 1. The van der Waals surface area contributed by atoms with Gasteiger partial charge in [-0.3, -0.25) is 0 Å². The third-order valence-corrected chi connectivity index (χ3v) is 3.69. The first-order valence-corrected chi connectivity index (χ1v) is 6.16. The molecule has 3 N–H and O–H groups in total. The van der Waals surface area contributed by atoms with Crippen LogP contribution in [0.1, 0.15) is 25.3 Å². The zero-order chi connectivity index (χ0) is 12.3. The highest BCUT2D eigenvalue weighted by Crippen LogP contribution is 2.30. The van der Waals surface area contributed by atoms with Crippen molar-refractivity contribution in [2.24, 2.45) is 0 Å². The Morgan fingerprint density at radius 3 is 3.06 bits per heavy atom. The van der Waals surface area contributed by atoms with E-state index in [2.05, 4.69) is 17.2 Å². The molecular formula is C13H21N3O. The lowest BCUT2D eigenvalue weighted by molar-refractivity contribution is -0.00940. The summed E-state index contributed by atoms with van der Waals surface area (Å²) in [4.78, 5) is 4.12. The molecule has 1 fully saturated rings. The molecule has 2 rings (SSSR count). The van der Waals surface area contributed by atoms with Crippen LogP contribution in [0.3, 0.4) is 0 Å². The highest BCUT2D eigenvalue weighted by Gasteiger charge is 2.37. The molecule has 94 valence electrons. The molecule has 2 unspecified atom stereocenters. The summed E-state index contributed by atoms with van der Waals surface area (Å²) in [7, 11) is 1.98. The fraction of sp³-hybridized carbons (Fsp3) is 0.615. The smallest absolute Gasteiger partial charge is 0.126 e. The van der Waals surface area contributed by atoms with Gasteiger partial charge in [-0.2, -0.15) is 0 Å². The fourth-order valence-electron chi connectivity index (χ4n) is 2.54. The van der Waals surface area contributed by atoms with Gasteiger partial charge in [0, 0.05) is 18.8 Å². The molecule has 0 bridgehead atoms. The van der Waals surface area contributed by atoms with E-state index in [-0.39, 0.29) is 11.6 Å². The van der Waals surface area contributed by atoms with Crippen LogP contribution in [0, 0.1) is 0 Å². The predicted octanol–water partition coefficient (Wildman–Crippen LogP) is 1.36. The van der Waals surface area contributed by atoms with Crippen LogP contribution in [0.4, 0.5) is 5.82 Å². The van der Waals surface area contributed by atoms with Crippen LogP contribution < -0.4 is 11.1 Å². The first-order chi connectivity index (χ1) is 8.15. The Kier molecular flexibility index (Phi) is 3.64. The van der Waals surface area contributed by atoms with Crippen molar-refractivity contribution in [3.8, 4) is 0 Å². The van der Waals surface area contributed by atoms with Crippen LogP contribution in [0.2, 0.25) is 0 Å². The van der Waals surface area contributed by atoms with Gasteiger partial charge in [-0.1, -0.05) is 6.07 Å². The Hall–Kier alpha value is -1.13. The molecule has 0 radical (unpaired) electrons. The minimum Gasteiger partial charge on any atom is -0.383 e. The summed E-state index contributed by atoms with van der Waals surface area (Å²) in [6.07, 6.45) is 4.81. The number of nitrogens with one attached hydrogen (secondary N) is 1. The van der Waals surface area contributed by atoms with Gasteiger partial charge in [-0.05, 0) is 44.9 Å². The highest BCUT2D eigenvalue weighted by atomic mass is 16.5. The van der Waals surface area contributed by atoms with Gasteiger partial charge in [0.05, 0.1) is 5.60 Å². The van der Waals surface area contributed by atoms with E-state index in [1.165, 1.54) is 0 Å². The number of hydrogen-bond donors (Lipinski definition) is 2. The summed E-state index contributed by atoms with van der Waals surface area (Å²) in [5.41, 5.74) is 6.89. The molecule has 0 aromatic carbocycles. The first kappa shape index (κ1) is 12.3. The molecule has 4 heteroatoms. The average Bonchev–Trinajstić information content (AvgIpc) is 2.76. The molecule has 2 heterocycles. The van der Waals surface area contributed by atoms with Gasteiger partial charge in [0.15, 0.2) is 0 Å². The van der Waals surface area contributed by atoms with Crippen molar-refractivity contribution in [2.75, 3.05) is 19.4 Å². The quantitative estimate of drug-likeness (QED) is 0.827. The van der Waals surface area contributed by atoms with Crippen molar-refractivity contribution < 1.29 is 4.74 Å². The molecular weight excluding hydrogens is 214 g/mol. The Bertz CT molecular complexity index is 375. The average molecular weight is 235 g/mol. The van der Waals surface area contributed by atoms with Gasteiger partial charge >= 0.3 is 0 Å². The Labute approximate surface area is 103 Å². The maximum Gasteiger partial charge on any atom is 0.126 e. The summed E-state index contributed by atoms with van der Waals surface area (Å²) < 4.78 is 5.88. The van der Waals surface area contributed by atoms with E-state index in [4.69, 9.17) is 10.5 Å². The lowest BCUT2D eigenvalue weighted by atomic mass is 9.88. The first-order valence-electron chi connectivity index (χ1n) is 6.16. The number of rotatable bonds is 4. The fourth-order valence-corrected chi connectivity index (χ4v) is 2.54. The Balaban J connectivity index is 2.12. The number of likely N-dealkylation sites (N-methyl/N-ethyl adjacent to an activating group) is 1. The molecule has 2 atom stereocenters. The van der Waals surface area contributed by atoms with Crippen molar-refractivity contribution in [3.63, 3.8) is 0 Å². The second-order valence-electron chi connectivity index (χ2n) is 4.86. The monoisotopic (exact) mass is 235 g/mol. The molecule has 4 nitrogen and oxygen atoms in total. The van der Waals surface area contributed by atoms with Crippen molar-refractivity contribution in [1.29, 1.82) is 0 Å². The lowest BCUT2D eigenvalue weighted by Crippen LogP contribution is -2.48. The van der Waals surface area contributed by atoms with E-state index >= 15 is 0 Å². The summed E-state index contributed by atoms with van der Waals surface area (Å²) >= 11 is 0. The van der Waals surface area contributed by atoms with Crippen molar-refractivity contribution >= 4 is 5.82 Å². The van der Waals surface area contributed by atoms with Crippen LogP contribution in [-0.4, -0.2) is 30.3 Å². The Morgan fingerprint density at radius 1 is 1.65 bits per heavy atom. The van der Waals surface area contributed by atoms with E-state index in [0.717, 1.165) is 31.4 Å². The number of anilines is 1. The summed E-state index contributed by atoms with van der Waals surface area (Å²) in [5.74, 6) is 0.620. The van der Waals surface area contributed by atoms with Gasteiger partial charge in [-0.25, -0.2) is 4.98 Å². The topological polar surface area (TPSA) is 60.2 Å². The third-order valence-electron chi connectivity index (χ3n) is 3.69. The SMILES string of the molecule is CNC(Cc1cccnc1N)C1(C)CCCO1. The number of aromatic nitrogens is 1. The minimum absolute atomic E-state index is 0.0863. The number of ether oxygens (including phenoxy) is 1. The normalized spacial score (nSPS) is 26.0. The van der Waals surface area contributed by atoms with Crippen molar-refractivity contribution in [3.05, 3.63) is 23.9 Å². The zero-order valence-electron chi connectivity index (χ0n) is 10.6. The summed E-state index contributed by atoms with van der Waals surface area (Å²) in [6, 6.07) is 4.23. The van der Waals surface area contributed by atoms with Gasteiger partial charge in [-0.15, -0.1) is 0 Å². The van der Waals surface area contributed by atoms with Crippen LogP contribution in [0.25, 0.3) is 0 Å². The number of nitrogen functional groups attached to an aromatic ring is 1. The minimum atomic E-state index is -0.0863. The van der Waals surface area contributed by atoms with Crippen molar-refractivity contribution in [1.82, 2.24) is 10.3 Å². The molecule has 0 amide bonds. The van der Waals surface area contributed by atoms with Crippen LogP contribution in [0.5, 0.6) is 0 Å². The van der Waals surface area contributed by atoms with Gasteiger partial charge < -0.3 is 15.8 Å². The maximum atomic E-state index is 5.89. The zero-order valence-corrected chi connectivity index (χ0v) is 10.6. The number of nitrogens with two attached hydrogens (primary N) is 1. The number of hydrogen-bond acceptors (Lipinski definition) is 4. The second kappa shape index (κ2) is 5.02. The summed E-state index contributed by atoms with van der Waals surface area (Å²) in [5, 5.41) is 3.35. The van der Waals surface area contributed by atoms with E-state index in [1.54, 1.807) is 6.20 Å². The standard InChI is InChI=1S/C13H21N3O/c1-13(6-4-8-17-13)11(15-2)9-10-5-3-7-16-12(10)14/h3,5,7,11,15H,4,6,8-9H2,1-2H3,(H2,14,16). The van der Waals surface area contributed by atoms with Crippen LogP contribution >= 0.6 is 0 Å². The molecule has 0 aliphatic carbocycles. The van der Waals surface area contributed by atoms with Gasteiger partial charge in [0.2, 0.25) is 0 Å². The molecule has 1 aromatic rings. The Morgan fingerprint density at radius 2 is 2.47 bits per heavy atom. The lowest BCUT2D eigenvalue weighted by Gasteiger charge is -2.33. The van der Waals surface area contributed by atoms with E-state index in [1.807, 2.05) is 19.2 Å². The molecule has 1 aliphatic heterocycles. The highest BCUT2D eigenvalue weighted by molar-refractivity contribution is 5.39. The van der Waals surface area contributed by atoms with Crippen LogP contribution in [0.15, 0.2) is 18.3 Å². The largest absolute Gasteiger partial charge is 0.383 e. The van der Waals surface area contributed by atoms with Gasteiger partial charge in [0.25, 0.3) is 0 Å². The molecule has 1 saturated heterocycles. The molecule has 0 spiro atoms. The molecule has 1 aliphatic rings. The van der Waals surface area contributed by atoms with E-state index < -0.39 is 0 Å². The summed E-state index contributed by atoms with van der Waals surface area (Å²) in [6.45, 7) is 3.03. The molecule has 0 saturated carbocycles. The molecule has 1 aromatic heterocycles.